The third kappa shape index (κ3) is 3.37. The zero-order chi connectivity index (χ0) is 20.2. The van der Waals surface area contributed by atoms with Crippen molar-refractivity contribution < 1.29 is 10.0 Å². The van der Waals surface area contributed by atoms with Crippen LogP contribution in [0, 0.1) is 27.9 Å². The number of benzene rings is 2. The number of nitro benzene ring substituents is 1. The van der Waals surface area contributed by atoms with Gasteiger partial charge in [-0.15, -0.1) is 0 Å². The number of phenolic OH excluding ortho intramolecular Hbond substituents is 1. The van der Waals surface area contributed by atoms with Crippen LogP contribution in [-0.2, 0) is 5.41 Å². The second-order valence-electron chi connectivity index (χ2n) is 9.12. The molecular weight excluding hydrogens is 432 g/mol. The molecule has 6 rings (SSSR count). The first-order valence-electron chi connectivity index (χ1n) is 10.2. The van der Waals surface area contributed by atoms with Gasteiger partial charge in [0.15, 0.2) is 0 Å². The predicted octanol–water partition coefficient (Wildman–Crippen LogP) is 6.28. The molecule has 1 N–H and O–H groups in total. The molecule has 0 aliphatic heterocycles. The molecule has 4 aliphatic carbocycles. The van der Waals surface area contributed by atoms with E-state index in [1.54, 1.807) is 6.07 Å². The monoisotopic (exact) mass is 454 g/mol. The highest BCUT2D eigenvalue weighted by Crippen LogP contribution is 2.60. The fourth-order valence-corrected chi connectivity index (χ4v) is 6.82. The van der Waals surface area contributed by atoms with Gasteiger partial charge in [-0.2, -0.15) is 0 Å². The Labute approximate surface area is 178 Å². The second-order valence-corrected chi connectivity index (χ2v) is 10.0. The smallest absolute Gasteiger partial charge is 0.312 e. The van der Waals surface area contributed by atoms with E-state index in [2.05, 4.69) is 33.1 Å². The van der Waals surface area contributed by atoms with Crippen molar-refractivity contribution in [2.75, 3.05) is 0 Å². The molecule has 0 radical (unpaired) electrons. The van der Waals surface area contributed by atoms with Gasteiger partial charge >= 0.3 is 5.69 Å². The van der Waals surface area contributed by atoms with Gasteiger partial charge in [0.05, 0.1) is 10.6 Å². The highest BCUT2D eigenvalue weighted by Gasteiger charge is 2.51. The molecule has 150 valence electrons. The zero-order valence-corrected chi connectivity index (χ0v) is 17.6. The van der Waals surface area contributed by atoms with E-state index in [4.69, 9.17) is 0 Å². The van der Waals surface area contributed by atoms with E-state index in [9.17, 15) is 15.2 Å². The molecule has 0 saturated heterocycles. The van der Waals surface area contributed by atoms with Gasteiger partial charge in [-0.05, 0) is 85.5 Å². The molecule has 0 spiro atoms. The maximum absolute atomic E-state index is 11.1. The summed E-state index contributed by atoms with van der Waals surface area (Å²) < 4.78 is 0.528. The lowest BCUT2D eigenvalue weighted by Crippen LogP contribution is -2.48. The van der Waals surface area contributed by atoms with Crippen molar-refractivity contribution in [1.82, 2.24) is 0 Å². The minimum absolute atomic E-state index is 0.316. The molecule has 0 aromatic heterocycles. The Morgan fingerprint density at radius 1 is 1.07 bits per heavy atom. The van der Waals surface area contributed by atoms with Gasteiger partial charge in [0.2, 0.25) is 5.75 Å². The topological polar surface area (TPSA) is 75.7 Å². The number of hydrogen-bond acceptors (Lipinski definition) is 4. The van der Waals surface area contributed by atoms with Gasteiger partial charge in [-0.25, -0.2) is 0 Å². The second kappa shape index (κ2) is 6.94. The summed E-state index contributed by atoms with van der Waals surface area (Å²) in [6, 6.07) is 11.4. The normalized spacial score (nSPS) is 30.2. The highest BCUT2D eigenvalue weighted by molar-refractivity contribution is 9.10. The Morgan fingerprint density at radius 3 is 2.21 bits per heavy atom. The summed E-state index contributed by atoms with van der Waals surface area (Å²) in [4.78, 5) is 14.9. The number of hydrogen-bond donors (Lipinski definition) is 1. The number of aromatic hydroxyl groups is 1. The van der Waals surface area contributed by atoms with E-state index >= 15 is 0 Å². The Hall–Kier alpha value is -2.21. The van der Waals surface area contributed by atoms with Crippen molar-refractivity contribution in [1.29, 1.82) is 0 Å². The molecule has 0 unspecified atom stereocenters. The van der Waals surface area contributed by atoms with Crippen LogP contribution in [0.2, 0.25) is 0 Å². The lowest BCUT2D eigenvalue weighted by Gasteiger charge is -2.57. The number of rotatable bonds is 4. The lowest BCUT2D eigenvalue weighted by molar-refractivity contribution is -0.385. The number of nitro groups is 1. The van der Waals surface area contributed by atoms with Crippen molar-refractivity contribution in [3.8, 4) is 5.75 Å². The summed E-state index contributed by atoms with van der Waals surface area (Å²) in [7, 11) is 0. The molecule has 2 aromatic carbocycles. The lowest BCUT2D eigenvalue weighted by atomic mass is 9.48. The quantitative estimate of drug-likeness (QED) is 0.335. The molecule has 4 aliphatic rings. The SMILES string of the molecule is O=[N+]([O-])c1cc(Br)cc(C=Nc2ccc(C34CC5CC(CC(C5)C3)C4)cc2)c1O. The molecule has 4 saturated carbocycles. The van der Waals surface area contributed by atoms with Crippen LogP contribution in [0.5, 0.6) is 5.75 Å². The predicted molar refractivity (Wildman–Crippen MR) is 116 cm³/mol. The van der Waals surface area contributed by atoms with Crippen LogP contribution in [0.3, 0.4) is 0 Å². The minimum Gasteiger partial charge on any atom is -0.502 e. The summed E-state index contributed by atoms with van der Waals surface area (Å²) >= 11 is 3.25. The van der Waals surface area contributed by atoms with E-state index in [0.29, 0.717) is 15.5 Å². The standard InChI is InChI=1S/C23H23BrN2O3/c24-19-8-17(22(27)21(9-19)26(28)29)13-25-20-3-1-18(2-4-20)23-10-14-5-15(11-23)7-16(6-14)12-23/h1-4,8-9,13-16,27H,5-7,10-12H2. The fourth-order valence-electron chi connectivity index (χ4n) is 6.35. The van der Waals surface area contributed by atoms with Gasteiger partial charge in [0.25, 0.3) is 0 Å². The van der Waals surface area contributed by atoms with Crippen molar-refractivity contribution in [3.05, 3.63) is 62.1 Å². The fraction of sp³-hybridized carbons (Fsp3) is 0.435. The van der Waals surface area contributed by atoms with Gasteiger partial charge < -0.3 is 5.11 Å². The van der Waals surface area contributed by atoms with E-state index in [1.807, 2.05) is 12.1 Å². The minimum atomic E-state index is -0.600. The number of phenols is 1. The number of aliphatic imine (C=N–C) groups is 1. The molecule has 0 atom stereocenters. The average Bonchev–Trinajstić information content (AvgIpc) is 2.67. The Kier molecular flexibility index (Phi) is 4.50. The van der Waals surface area contributed by atoms with Crippen LogP contribution in [0.4, 0.5) is 11.4 Å². The van der Waals surface area contributed by atoms with Crippen LogP contribution in [0.1, 0.15) is 49.7 Å². The van der Waals surface area contributed by atoms with Crippen molar-refractivity contribution in [2.24, 2.45) is 22.7 Å². The third-order valence-electron chi connectivity index (χ3n) is 7.15. The molecule has 0 heterocycles. The Balaban J connectivity index is 1.39. The molecular formula is C23H23BrN2O3. The Morgan fingerprint density at radius 2 is 1.66 bits per heavy atom. The van der Waals surface area contributed by atoms with Crippen molar-refractivity contribution in [3.63, 3.8) is 0 Å². The first kappa shape index (κ1) is 18.8. The van der Waals surface area contributed by atoms with Gasteiger partial charge in [-0.3, -0.25) is 15.1 Å². The van der Waals surface area contributed by atoms with Crippen molar-refractivity contribution in [2.45, 2.75) is 43.9 Å². The molecule has 29 heavy (non-hydrogen) atoms. The summed E-state index contributed by atoms with van der Waals surface area (Å²) in [5.41, 5.74) is 2.56. The average molecular weight is 455 g/mol. The van der Waals surface area contributed by atoms with E-state index < -0.39 is 4.92 Å². The highest BCUT2D eigenvalue weighted by atomic mass is 79.9. The maximum Gasteiger partial charge on any atom is 0.312 e. The molecule has 5 nitrogen and oxygen atoms in total. The number of halogens is 1. The summed E-state index contributed by atoms with van der Waals surface area (Å²) in [6.45, 7) is 0. The van der Waals surface area contributed by atoms with Crippen LogP contribution in [-0.4, -0.2) is 16.2 Å². The van der Waals surface area contributed by atoms with Crippen LogP contribution in [0.25, 0.3) is 0 Å². The van der Waals surface area contributed by atoms with Gasteiger partial charge in [0, 0.05) is 22.3 Å². The van der Waals surface area contributed by atoms with Crippen LogP contribution < -0.4 is 0 Å². The summed E-state index contributed by atoms with van der Waals surface area (Å²) in [6.07, 6.45) is 9.77. The number of nitrogens with zero attached hydrogens (tertiary/aromatic N) is 2. The molecule has 4 bridgehead atoms. The van der Waals surface area contributed by atoms with E-state index in [0.717, 1.165) is 23.4 Å². The molecule has 4 fully saturated rings. The van der Waals surface area contributed by atoms with Crippen LogP contribution in [0.15, 0.2) is 45.9 Å². The first-order chi connectivity index (χ1) is 13.9. The van der Waals surface area contributed by atoms with E-state index in [1.165, 1.54) is 56.4 Å². The molecule has 6 heteroatoms. The maximum atomic E-state index is 11.1. The van der Waals surface area contributed by atoms with Gasteiger partial charge in [-0.1, -0.05) is 28.1 Å². The Bertz CT molecular complexity index is 965. The van der Waals surface area contributed by atoms with Crippen molar-refractivity contribution >= 4 is 33.5 Å². The third-order valence-corrected chi connectivity index (χ3v) is 7.61. The molecule has 0 amide bonds. The zero-order valence-electron chi connectivity index (χ0n) is 16.1. The van der Waals surface area contributed by atoms with Crippen LogP contribution >= 0.6 is 15.9 Å². The largest absolute Gasteiger partial charge is 0.502 e. The van der Waals surface area contributed by atoms with E-state index in [-0.39, 0.29) is 11.4 Å². The molecule has 2 aromatic rings. The first-order valence-corrected chi connectivity index (χ1v) is 11.0. The summed E-state index contributed by atoms with van der Waals surface area (Å²) in [5, 5.41) is 21.2. The van der Waals surface area contributed by atoms with Gasteiger partial charge in [0.1, 0.15) is 0 Å². The summed E-state index contributed by atoms with van der Waals surface area (Å²) in [5.74, 6) is 2.37.